The predicted molar refractivity (Wildman–Crippen MR) is 93.8 cm³/mol. The van der Waals surface area contributed by atoms with Gasteiger partial charge in [0.2, 0.25) is 5.78 Å². The molecule has 0 fully saturated rings. The zero-order chi connectivity index (χ0) is 18.1. The Morgan fingerprint density at radius 1 is 1.12 bits per heavy atom. The summed E-state index contributed by atoms with van der Waals surface area (Å²) >= 11 is 0. The molecule has 4 rings (SSSR count). The van der Waals surface area contributed by atoms with Crippen molar-refractivity contribution in [3.63, 3.8) is 0 Å². The van der Waals surface area contributed by atoms with Gasteiger partial charge in [-0.05, 0) is 24.3 Å². The molecule has 2 aromatic heterocycles. The second-order valence-electron chi connectivity index (χ2n) is 5.54. The van der Waals surface area contributed by atoms with Crippen LogP contribution in [0.2, 0.25) is 0 Å². The molecular weight excluding hydrogens is 334 g/mol. The number of fused-ring (bicyclic) bond motifs is 1. The maximum Gasteiger partial charge on any atom is 0.347 e. The van der Waals surface area contributed by atoms with Gasteiger partial charge in [-0.2, -0.15) is 0 Å². The van der Waals surface area contributed by atoms with Gasteiger partial charge in [-0.3, -0.25) is 4.79 Å². The van der Waals surface area contributed by atoms with E-state index in [1.807, 2.05) is 30.3 Å². The van der Waals surface area contributed by atoms with E-state index in [1.165, 1.54) is 24.1 Å². The number of ether oxygens (including phenoxy) is 1. The highest BCUT2D eigenvalue weighted by Crippen LogP contribution is 2.24. The first-order valence-electron chi connectivity index (χ1n) is 7.81. The van der Waals surface area contributed by atoms with Crippen molar-refractivity contribution in [1.29, 1.82) is 0 Å². The monoisotopic (exact) mass is 347 g/mol. The van der Waals surface area contributed by atoms with Crippen molar-refractivity contribution in [2.45, 2.75) is 0 Å². The number of hydrogen-bond donors (Lipinski definition) is 0. The van der Waals surface area contributed by atoms with E-state index in [2.05, 4.69) is 10.3 Å². The van der Waals surface area contributed by atoms with E-state index in [1.54, 1.807) is 18.2 Å². The van der Waals surface area contributed by atoms with E-state index >= 15 is 0 Å². The first-order valence-corrected chi connectivity index (χ1v) is 7.81. The van der Waals surface area contributed by atoms with Gasteiger partial charge in [-0.25, -0.2) is 9.48 Å². The number of rotatable bonds is 4. The van der Waals surface area contributed by atoms with E-state index in [9.17, 15) is 9.59 Å². The lowest BCUT2D eigenvalue weighted by molar-refractivity contribution is 0.103. The Labute approximate surface area is 147 Å². The molecule has 26 heavy (non-hydrogen) atoms. The molecule has 0 bridgehead atoms. The number of nitrogens with zero attached hydrogens (tertiary/aromatic N) is 3. The van der Waals surface area contributed by atoms with E-state index < -0.39 is 11.4 Å². The third-order valence-electron chi connectivity index (χ3n) is 3.94. The molecule has 0 saturated heterocycles. The van der Waals surface area contributed by atoms with E-state index in [0.717, 1.165) is 5.69 Å². The molecule has 2 aromatic carbocycles. The highest BCUT2D eigenvalue weighted by Gasteiger charge is 2.20. The normalized spacial score (nSPS) is 10.8. The lowest BCUT2D eigenvalue weighted by atomic mass is 10.1. The molecule has 0 unspecified atom stereocenters. The summed E-state index contributed by atoms with van der Waals surface area (Å²) in [5, 5.41) is 8.41. The molecule has 0 saturated carbocycles. The van der Waals surface area contributed by atoms with Gasteiger partial charge in [0.05, 0.1) is 19.0 Å². The summed E-state index contributed by atoms with van der Waals surface area (Å²) in [7, 11) is 1.48. The molecule has 0 spiro atoms. The van der Waals surface area contributed by atoms with Gasteiger partial charge in [0.25, 0.3) is 0 Å². The number of hydrogen-bond acceptors (Lipinski definition) is 6. The number of para-hydroxylation sites is 2. The van der Waals surface area contributed by atoms with Crippen molar-refractivity contribution in [1.82, 2.24) is 15.0 Å². The maximum atomic E-state index is 12.7. The summed E-state index contributed by atoms with van der Waals surface area (Å²) in [6, 6.07) is 15.9. The quantitative estimate of drug-likeness (QED) is 0.417. The van der Waals surface area contributed by atoms with Crippen LogP contribution in [-0.2, 0) is 0 Å². The molecule has 7 heteroatoms. The number of carbonyl (C=O) groups is 1. The number of carbonyl (C=O) groups excluding carboxylic acids is 1. The predicted octanol–water partition coefficient (Wildman–Crippen LogP) is 2.61. The minimum atomic E-state index is -0.749. The summed E-state index contributed by atoms with van der Waals surface area (Å²) in [6.07, 6.45) is 1.48. The summed E-state index contributed by atoms with van der Waals surface area (Å²) in [5.74, 6) is -0.126. The van der Waals surface area contributed by atoms with Crippen LogP contribution in [0.4, 0.5) is 0 Å². The van der Waals surface area contributed by atoms with Crippen molar-refractivity contribution in [2.75, 3.05) is 7.11 Å². The zero-order valence-electron chi connectivity index (χ0n) is 13.7. The van der Waals surface area contributed by atoms with Crippen molar-refractivity contribution < 1.29 is 13.9 Å². The van der Waals surface area contributed by atoms with Crippen molar-refractivity contribution in [3.05, 3.63) is 82.5 Å². The first kappa shape index (κ1) is 15.8. The molecule has 0 amide bonds. The first-order chi connectivity index (χ1) is 12.7. The summed E-state index contributed by atoms with van der Waals surface area (Å²) in [6.45, 7) is 0. The summed E-state index contributed by atoms with van der Waals surface area (Å²) in [5.41, 5.74) is 0.259. The molecule has 0 aliphatic rings. The van der Waals surface area contributed by atoms with Gasteiger partial charge in [0.1, 0.15) is 5.56 Å². The molecule has 4 aromatic rings. The Morgan fingerprint density at radius 3 is 2.69 bits per heavy atom. The maximum absolute atomic E-state index is 12.7. The van der Waals surface area contributed by atoms with E-state index in [4.69, 9.17) is 9.15 Å². The number of methoxy groups -OCH3 is 1. The Balaban J connectivity index is 1.76. The standard InChI is InChI=1S/C19H13N3O4/c1-25-16-9-5-6-12-10-14(19(24)26-18(12)16)17(23)15-11-22(21-20-15)13-7-3-2-4-8-13/h2-11H,1H3. The smallest absolute Gasteiger partial charge is 0.347 e. The third-order valence-corrected chi connectivity index (χ3v) is 3.94. The fraction of sp³-hybridized carbons (Fsp3) is 0.0526. The Morgan fingerprint density at radius 2 is 1.92 bits per heavy atom. The number of benzene rings is 2. The number of ketones is 1. The second kappa shape index (κ2) is 6.29. The lowest BCUT2D eigenvalue weighted by Crippen LogP contribution is -2.15. The SMILES string of the molecule is COc1cccc2cc(C(=O)c3cn(-c4ccccc4)nn3)c(=O)oc12. The summed E-state index contributed by atoms with van der Waals surface area (Å²) in [4.78, 5) is 25.0. The van der Waals surface area contributed by atoms with Gasteiger partial charge in [-0.15, -0.1) is 5.10 Å². The van der Waals surface area contributed by atoms with Gasteiger partial charge in [0, 0.05) is 5.39 Å². The fourth-order valence-corrected chi connectivity index (χ4v) is 2.65. The molecule has 7 nitrogen and oxygen atoms in total. The largest absolute Gasteiger partial charge is 0.493 e. The minimum absolute atomic E-state index is 0.0587. The molecule has 128 valence electrons. The topological polar surface area (TPSA) is 87.2 Å². The Hall–Kier alpha value is -3.74. The second-order valence-corrected chi connectivity index (χ2v) is 5.54. The fourth-order valence-electron chi connectivity index (χ4n) is 2.65. The molecule has 0 N–H and O–H groups in total. The Kier molecular flexibility index (Phi) is 3.81. The van der Waals surface area contributed by atoms with Crippen molar-refractivity contribution in [2.24, 2.45) is 0 Å². The van der Waals surface area contributed by atoms with Crippen LogP contribution >= 0.6 is 0 Å². The average Bonchev–Trinajstić information content (AvgIpc) is 3.17. The zero-order valence-corrected chi connectivity index (χ0v) is 13.7. The molecule has 2 heterocycles. The molecule has 0 atom stereocenters. The van der Waals surface area contributed by atoms with Crippen LogP contribution in [0.25, 0.3) is 16.7 Å². The molecule has 0 aliphatic carbocycles. The van der Waals surface area contributed by atoms with Crippen molar-refractivity contribution in [3.8, 4) is 11.4 Å². The van der Waals surface area contributed by atoms with Crippen LogP contribution in [0.3, 0.4) is 0 Å². The van der Waals surface area contributed by atoms with Gasteiger partial charge < -0.3 is 9.15 Å². The van der Waals surface area contributed by atoms with Crippen LogP contribution in [0, 0.1) is 0 Å². The minimum Gasteiger partial charge on any atom is -0.493 e. The van der Waals surface area contributed by atoms with Gasteiger partial charge in [0.15, 0.2) is 17.0 Å². The van der Waals surface area contributed by atoms with E-state index in [-0.39, 0.29) is 11.3 Å². The van der Waals surface area contributed by atoms with Gasteiger partial charge in [-0.1, -0.05) is 35.5 Å². The highest BCUT2D eigenvalue weighted by atomic mass is 16.5. The summed E-state index contributed by atoms with van der Waals surface area (Å²) < 4.78 is 11.9. The van der Waals surface area contributed by atoms with E-state index in [0.29, 0.717) is 16.7 Å². The van der Waals surface area contributed by atoms with Crippen LogP contribution in [0.15, 0.2) is 70.0 Å². The van der Waals surface area contributed by atoms with Crippen LogP contribution in [0.5, 0.6) is 5.75 Å². The van der Waals surface area contributed by atoms with Crippen LogP contribution < -0.4 is 10.4 Å². The van der Waals surface area contributed by atoms with Crippen molar-refractivity contribution >= 4 is 16.8 Å². The third kappa shape index (κ3) is 2.65. The number of aromatic nitrogens is 3. The lowest BCUT2D eigenvalue weighted by Gasteiger charge is -2.04. The average molecular weight is 347 g/mol. The van der Waals surface area contributed by atoms with Gasteiger partial charge >= 0.3 is 5.63 Å². The van der Waals surface area contributed by atoms with Crippen LogP contribution in [0.1, 0.15) is 16.1 Å². The molecule has 0 radical (unpaired) electrons. The molecule has 0 aliphatic heterocycles. The Bertz CT molecular complexity index is 1160. The highest BCUT2D eigenvalue weighted by molar-refractivity contribution is 6.08. The van der Waals surface area contributed by atoms with Crippen LogP contribution in [-0.4, -0.2) is 27.9 Å². The molecular formula is C19H13N3O4.